The van der Waals surface area contributed by atoms with Gasteiger partial charge in [0, 0.05) is 12.8 Å². The second-order valence-electron chi connectivity index (χ2n) is 7.84. The van der Waals surface area contributed by atoms with Crippen molar-refractivity contribution in [2.45, 2.75) is 130 Å². The van der Waals surface area contributed by atoms with Crippen LogP contribution >= 0.6 is 0 Å². The number of hydrogen-bond acceptors (Lipinski definition) is 1. The molecule has 0 aromatic heterocycles. The van der Waals surface area contributed by atoms with Gasteiger partial charge in [0.05, 0.1) is 0 Å². The zero-order valence-corrected chi connectivity index (χ0v) is 16.5. The van der Waals surface area contributed by atoms with E-state index in [4.69, 9.17) is 0 Å². The molecule has 0 aliphatic carbocycles. The lowest BCUT2D eigenvalue weighted by Gasteiger charge is -2.04. The molecule has 0 bridgehead atoms. The van der Waals surface area contributed by atoms with Crippen LogP contribution in [0.4, 0.5) is 0 Å². The Morgan fingerprint density at radius 1 is 0.609 bits per heavy atom. The molecule has 0 N–H and O–H groups in total. The molecule has 1 heteroatoms. The molecule has 0 unspecified atom stereocenters. The van der Waals surface area contributed by atoms with Crippen LogP contribution in [0, 0.1) is 5.92 Å². The smallest absolute Gasteiger partial charge is 0.133 e. The van der Waals surface area contributed by atoms with Crippen molar-refractivity contribution in [2.24, 2.45) is 5.92 Å². The molecule has 0 radical (unpaired) electrons. The molecule has 0 amide bonds. The van der Waals surface area contributed by atoms with E-state index in [1.54, 1.807) is 0 Å². The molecule has 0 aliphatic rings. The molecular weight excluding hydrogens is 280 g/mol. The molecule has 0 atom stereocenters. The van der Waals surface area contributed by atoms with Crippen molar-refractivity contribution in [3.8, 4) is 0 Å². The maximum absolute atomic E-state index is 11.6. The molecule has 138 valence electrons. The number of Topliss-reactive ketones (excluding diaryl/α,β-unsaturated/α-hetero) is 1. The summed E-state index contributed by atoms with van der Waals surface area (Å²) in [5, 5.41) is 0. The minimum absolute atomic E-state index is 0.467. The van der Waals surface area contributed by atoms with E-state index >= 15 is 0 Å². The van der Waals surface area contributed by atoms with Crippen molar-refractivity contribution in [1.29, 1.82) is 0 Å². The highest BCUT2D eigenvalue weighted by atomic mass is 16.1. The van der Waals surface area contributed by atoms with Crippen LogP contribution in [0.5, 0.6) is 0 Å². The van der Waals surface area contributed by atoms with Crippen LogP contribution in [0.3, 0.4) is 0 Å². The van der Waals surface area contributed by atoms with E-state index in [1.165, 1.54) is 89.9 Å². The van der Waals surface area contributed by atoms with Gasteiger partial charge < -0.3 is 0 Å². The predicted octanol–water partition coefficient (Wildman–Crippen LogP) is 7.86. The third-order valence-electron chi connectivity index (χ3n) is 4.70. The highest BCUT2D eigenvalue weighted by Gasteiger charge is 2.04. The van der Waals surface area contributed by atoms with Gasteiger partial charge in [-0.2, -0.15) is 0 Å². The number of rotatable bonds is 18. The van der Waals surface area contributed by atoms with E-state index in [2.05, 4.69) is 20.8 Å². The average molecular weight is 325 g/mol. The quantitative estimate of drug-likeness (QED) is 0.234. The van der Waals surface area contributed by atoms with E-state index in [0.29, 0.717) is 11.7 Å². The fourth-order valence-electron chi connectivity index (χ4n) is 3.25. The molecule has 0 saturated heterocycles. The molecule has 23 heavy (non-hydrogen) atoms. The van der Waals surface area contributed by atoms with Crippen LogP contribution in [-0.4, -0.2) is 5.78 Å². The Morgan fingerprint density at radius 3 is 1.30 bits per heavy atom. The summed E-state index contributed by atoms with van der Waals surface area (Å²) >= 11 is 0. The third-order valence-corrected chi connectivity index (χ3v) is 4.70. The van der Waals surface area contributed by atoms with Gasteiger partial charge in [-0.05, 0) is 12.3 Å². The zero-order valence-electron chi connectivity index (χ0n) is 16.5. The largest absolute Gasteiger partial charge is 0.300 e. The molecule has 0 fully saturated rings. The summed E-state index contributed by atoms with van der Waals surface area (Å²) in [6.07, 6.45) is 22.4. The van der Waals surface area contributed by atoms with E-state index in [1.807, 2.05) is 0 Å². The first kappa shape index (κ1) is 22.7. The summed E-state index contributed by atoms with van der Waals surface area (Å²) in [4.78, 5) is 11.6. The monoisotopic (exact) mass is 324 g/mol. The van der Waals surface area contributed by atoms with E-state index in [9.17, 15) is 4.79 Å². The molecule has 0 saturated carbocycles. The van der Waals surface area contributed by atoms with Crippen molar-refractivity contribution in [2.75, 3.05) is 0 Å². The summed E-state index contributed by atoms with van der Waals surface area (Å²) in [6.45, 7) is 6.54. The van der Waals surface area contributed by atoms with Crippen molar-refractivity contribution < 1.29 is 4.79 Å². The van der Waals surface area contributed by atoms with Gasteiger partial charge >= 0.3 is 0 Å². The molecule has 0 heterocycles. The zero-order chi connectivity index (χ0) is 17.2. The number of carbonyl (C=O) groups is 1. The first-order valence-electron chi connectivity index (χ1n) is 10.7. The van der Waals surface area contributed by atoms with Crippen LogP contribution in [0.25, 0.3) is 0 Å². The predicted molar refractivity (Wildman–Crippen MR) is 104 cm³/mol. The standard InChI is InChI=1S/C22H44O/c1-4-5-6-7-8-9-10-11-12-13-14-15-16-17-18-19-22(23)20-21(2)3/h21H,4-20H2,1-3H3. The van der Waals surface area contributed by atoms with Crippen molar-refractivity contribution in [3.05, 3.63) is 0 Å². The van der Waals surface area contributed by atoms with Gasteiger partial charge in [0.25, 0.3) is 0 Å². The molecule has 0 aromatic rings. The Labute approximate surface area is 147 Å². The lowest BCUT2D eigenvalue weighted by Crippen LogP contribution is -2.02. The Hall–Kier alpha value is -0.330. The van der Waals surface area contributed by atoms with Gasteiger partial charge in [0.15, 0.2) is 0 Å². The molecule has 0 aliphatic heterocycles. The minimum atomic E-state index is 0.467. The summed E-state index contributed by atoms with van der Waals surface area (Å²) in [6, 6.07) is 0. The highest BCUT2D eigenvalue weighted by Crippen LogP contribution is 2.14. The normalized spacial score (nSPS) is 11.3. The molecule has 0 spiro atoms. The minimum Gasteiger partial charge on any atom is -0.300 e. The molecule has 0 rings (SSSR count). The molecule has 0 aromatic carbocycles. The van der Waals surface area contributed by atoms with Crippen LogP contribution < -0.4 is 0 Å². The Bertz CT molecular complexity index is 244. The first-order chi connectivity index (χ1) is 11.2. The fourth-order valence-corrected chi connectivity index (χ4v) is 3.25. The summed E-state index contributed by atoms with van der Waals surface area (Å²) in [5.41, 5.74) is 0. The fraction of sp³-hybridized carbons (Fsp3) is 0.955. The van der Waals surface area contributed by atoms with Gasteiger partial charge in [-0.1, -0.05) is 111 Å². The number of hydrogen-bond donors (Lipinski definition) is 0. The number of unbranched alkanes of at least 4 members (excludes halogenated alkanes) is 14. The van der Waals surface area contributed by atoms with Gasteiger partial charge in [-0.15, -0.1) is 0 Å². The Morgan fingerprint density at radius 2 is 0.957 bits per heavy atom. The van der Waals surface area contributed by atoms with Crippen LogP contribution in [0.2, 0.25) is 0 Å². The summed E-state index contributed by atoms with van der Waals surface area (Å²) in [5.74, 6) is 0.994. The Balaban J connectivity index is 3.06. The molecular formula is C22H44O. The van der Waals surface area contributed by atoms with E-state index in [0.717, 1.165) is 19.3 Å². The van der Waals surface area contributed by atoms with Crippen molar-refractivity contribution >= 4 is 5.78 Å². The second-order valence-corrected chi connectivity index (χ2v) is 7.84. The average Bonchev–Trinajstić information content (AvgIpc) is 2.50. The van der Waals surface area contributed by atoms with Gasteiger partial charge in [-0.25, -0.2) is 0 Å². The van der Waals surface area contributed by atoms with Crippen LogP contribution in [0.1, 0.15) is 130 Å². The topological polar surface area (TPSA) is 17.1 Å². The summed E-state index contributed by atoms with van der Waals surface area (Å²) in [7, 11) is 0. The van der Waals surface area contributed by atoms with Crippen molar-refractivity contribution in [1.82, 2.24) is 0 Å². The van der Waals surface area contributed by atoms with Crippen LogP contribution in [0.15, 0.2) is 0 Å². The third kappa shape index (κ3) is 19.6. The van der Waals surface area contributed by atoms with E-state index in [-0.39, 0.29) is 0 Å². The maximum Gasteiger partial charge on any atom is 0.133 e. The van der Waals surface area contributed by atoms with Gasteiger partial charge in [0.1, 0.15) is 5.78 Å². The maximum atomic E-state index is 11.6. The van der Waals surface area contributed by atoms with E-state index < -0.39 is 0 Å². The number of ketones is 1. The second kappa shape index (κ2) is 18.0. The Kier molecular flexibility index (Phi) is 17.8. The van der Waals surface area contributed by atoms with Crippen molar-refractivity contribution in [3.63, 3.8) is 0 Å². The van der Waals surface area contributed by atoms with Gasteiger partial charge in [0.2, 0.25) is 0 Å². The SMILES string of the molecule is CCCCCCCCCCCCCCCCCC(=O)CC(C)C. The highest BCUT2D eigenvalue weighted by molar-refractivity contribution is 5.78. The number of carbonyl (C=O) groups excluding carboxylic acids is 1. The summed E-state index contributed by atoms with van der Waals surface area (Å²) < 4.78 is 0. The lowest BCUT2D eigenvalue weighted by atomic mass is 10.0. The lowest BCUT2D eigenvalue weighted by molar-refractivity contribution is -0.119. The molecule has 1 nitrogen and oxygen atoms in total. The van der Waals surface area contributed by atoms with Gasteiger partial charge in [-0.3, -0.25) is 4.79 Å². The first-order valence-corrected chi connectivity index (χ1v) is 10.7. The van der Waals surface area contributed by atoms with Crippen LogP contribution in [-0.2, 0) is 4.79 Å².